The Kier molecular flexibility index (Phi) is 5.70. The fraction of sp³-hybridized carbons (Fsp3) is 0.350. The van der Waals surface area contributed by atoms with Gasteiger partial charge < -0.3 is 14.6 Å². The van der Waals surface area contributed by atoms with Crippen LogP contribution in [0.2, 0.25) is 0 Å². The van der Waals surface area contributed by atoms with Gasteiger partial charge in [-0.15, -0.1) is 0 Å². The fourth-order valence-electron chi connectivity index (χ4n) is 3.12. The zero-order valence-corrected chi connectivity index (χ0v) is 14.5. The molecule has 1 aliphatic carbocycles. The Morgan fingerprint density at radius 1 is 1.15 bits per heavy atom. The van der Waals surface area contributed by atoms with E-state index in [0.717, 1.165) is 36.1 Å². The van der Waals surface area contributed by atoms with E-state index >= 15 is 0 Å². The van der Waals surface area contributed by atoms with Gasteiger partial charge >= 0.3 is 12.1 Å². The largest absolute Gasteiger partial charge is 0.489 e. The van der Waals surface area contributed by atoms with Gasteiger partial charge in [-0.25, -0.2) is 4.79 Å². The van der Waals surface area contributed by atoms with E-state index in [9.17, 15) is 18.0 Å². The van der Waals surface area contributed by atoms with E-state index in [2.05, 4.69) is 0 Å². The smallest absolute Gasteiger partial charge is 0.416 e. The maximum Gasteiger partial charge on any atom is 0.416 e. The molecule has 0 spiro atoms. The number of carbonyl (C=O) groups is 1. The molecule has 0 radical (unpaired) electrons. The molecule has 144 valence electrons. The van der Waals surface area contributed by atoms with Crippen LogP contribution >= 0.6 is 0 Å². The van der Waals surface area contributed by atoms with Gasteiger partial charge in [0.1, 0.15) is 19.0 Å². The van der Waals surface area contributed by atoms with Crippen LogP contribution in [-0.4, -0.2) is 23.8 Å². The number of hydrogen-bond acceptors (Lipinski definition) is 3. The molecule has 4 nitrogen and oxygen atoms in total. The van der Waals surface area contributed by atoms with E-state index in [0.29, 0.717) is 17.7 Å². The number of rotatable bonds is 6. The van der Waals surface area contributed by atoms with E-state index in [-0.39, 0.29) is 19.3 Å². The lowest BCUT2D eigenvalue weighted by Gasteiger charge is -2.24. The highest BCUT2D eigenvalue weighted by Gasteiger charge is 2.30. The number of halogens is 3. The third kappa shape index (κ3) is 5.23. The lowest BCUT2D eigenvalue weighted by atomic mass is 9.89. The van der Waals surface area contributed by atoms with Crippen molar-refractivity contribution in [3.63, 3.8) is 0 Å². The van der Waals surface area contributed by atoms with Crippen LogP contribution < -0.4 is 4.74 Å². The van der Waals surface area contributed by atoms with Crippen molar-refractivity contribution in [1.82, 2.24) is 0 Å². The highest BCUT2D eigenvalue weighted by atomic mass is 19.4. The van der Waals surface area contributed by atoms with E-state index in [1.54, 1.807) is 12.1 Å². The minimum absolute atomic E-state index is 0.0487. The van der Waals surface area contributed by atoms with Crippen molar-refractivity contribution < 1.29 is 32.5 Å². The number of carboxylic acid groups (broad SMARTS) is 1. The van der Waals surface area contributed by atoms with Crippen LogP contribution in [0.4, 0.5) is 13.2 Å². The summed E-state index contributed by atoms with van der Waals surface area (Å²) in [6.07, 6.45) is -2.40. The fourth-order valence-corrected chi connectivity index (χ4v) is 3.12. The number of hydrogen-bond donors (Lipinski definition) is 1. The molecule has 0 saturated carbocycles. The first kappa shape index (κ1) is 19.2. The quantitative estimate of drug-likeness (QED) is 0.814. The number of benzene rings is 2. The van der Waals surface area contributed by atoms with Crippen molar-refractivity contribution in [3.8, 4) is 5.75 Å². The van der Waals surface area contributed by atoms with Crippen LogP contribution in [0.15, 0.2) is 42.5 Å². The molecule has 0 bridgehead atoms. The summed E-state index contributed by atoms with van der Waals surface area (Å²) < 4.78 is 49.3. The normalized spacial score (nSPS) is 16.6. The molecule has 1 aliphatic rings. The van der Waals surface area contributed by atoms with Crippen molar-refractivity contribution in [2.45, 2.75) is 38.1 Å². The molecule has 0 fully saturated rings. The predicted molar refractivity (Wildman–Crippen MR) is 91.6 cm³/mol. The van der Waals surface area contributed by atoms with Crippen molar-refractivity contribution in [3.05, 3.63) is 64.7 Å². The zero-order valence-electron chi connectivity index (χ0n) is 14.5. The molecular formula is C20H19F3O4. The van der Waals surface area contributed by atoms with Gasteiger partial charge in [0.2, 0.25) is 0 Å². The van der Waals surface area contributed by atoms with Crippen LogP contribution in [0.3, 0.4) is 0 Å². The van der Waals surface area contributed by atoms with Gasteiger partial charge in [-0.05, 0) is 60.2 Å². The third-order valence-corrected chi connectivity index (χ3v) is 4.46. The number of fused-ring (bicyclic) bond motifs is 1. The molecule has 0 aliphatic heterocycles. The SMILES string of the molecule is O=C(O)COC1CCc2cc(OCc3cccc(C(F)(F)F)c3)ccc2C1. The topological polar surface area (TPSA) is 55.8 Å². The van der Waals surface area contributed by atoms with Crippen molar-refractivity contribution in [1.29, 1.82) is 0 Å². The van der Waals surface area contributed by atoms with E-state index in [1.807, 2.05) is 12.1 Å². The number of carboxylic acids is 1. The highest BCUT2D eigenvalue weighted by molar-refractivity contribution is 5.68. The lowest BCUT2D eigenvalue weighted by molar-refractivity contribution is -0.144. The average Bonchev–Trinajstić information content (AvgIpc) is 2.64. The Labute approximate surface area is 154 Å². The molecule has 1 N–H and O–H groups in total. The molecule has 0 saturated heterocycles. The Morgan fingerprint density at radius 2 is 1.96 bits per heavy atom. The van der Waals surface area contributed by atoms with Gasteiger partial charge in [-0.3, -0.25) is 0 Å². The first-order chi connectivity index (χ1) is 12.8. The molecule has 1 unspecified atom stereocenters. The maximum absolute atomic E-state index is 12.8. The van der Waals surface area contributed by atoms with E-state index < -0.39 is 17.7 Å². The second-order valence-corrected chi connectivity index (χ2v) is 6.49. The van der Waals surface area contributed by atoms with Gasteiger partial charge in [0.05, 0.1) is 11.7 Å². The molecule has 3 rings (SSSR count). The number of ether oxygens (including phenoxy) is 2. The molecule has 2 aromatic rings. The number of aliphatic carboxylic acids is 1. The molecule has 1 atom stereocenters. The summed E-state index contributed by atoms with van der Waals surface area (Å²) in [4.78, 5) is 10.6. The lowest BCUT2D eigenvalue weighted by Crippen LogP contribution is -2.25. The molecule has 2 aromatic carbocycles. The van der Waals surface area contributed by atoms with Crippen LogP contribution in [0.5, 0.6) is 5.75 Å². The first-order valence-corrected chi connectivity index (χ1v) is 8.55. The van der Waals surface area contributed by atoms with Gasteiger partial charge in [0, 0.05) is 0 Å². The van der Waals surface area contributed by atoms with E-state index in [4.69, 9.17) is 14.6 Å². The summed E-state index contributed by atoms with van der Waals surface area (Å²) >= 11 is 0. The molecular weight excluding hydrogens is 361 g/mol. The molecule has 0 heterocycles. The molecule has 7 heteroatoms. The van der Waals surface area contributed by atoms with Crippen LogP contribution in [0.1, 0.15) is 28.7 Å². The molecule has 0 amide bonds. The minimum Gasteiger partial charge on any atom is -0.489 e. The van der Waals surface area contributed by atoms with Crippen LogP contribution in [0, 0.1) is 0 Å². The average molecular weight is 380 g/mol. The van der Waals surface area contributed by atoms with Crippen molar-refractivity contribution in [2.24, 2.45) is 0 Å². The highest BCUT2D eigenvalue weighted by Crippen LogP contribution is 2.30. The Hall–Kier alpha value is -2.54. The predicted octanol–water partition coefficient (Wildman–Crippen LogP) is 4.24. The van der Waals surface area contributed by atoms with Crippen molar-refractivity contribution in [2.75, 3.05) is 6.61 Å². The number of aryl methyl sites for hydroxylation is 1. The molecule has 0 aromatic heterocycles. The van der Waals surface area contributed by atoms with Crippen LogP contribution in [0.25, 0.3) is 0 Å². The summed E-state index contributed by atoms with van der Waals surface area (Å²) in [7, 11) is 0. The number of alkyl halides is 3. The van der Waals surface area contributed by atoms with E-state index in [1.165, 1.54) is 6.07 Å². The summed E-state index contributed by atoms with van der Waals surface area (Å²) in [5.41, 5.74) is 1.92. The Balaban J connectivity index is 1.61. The summed E-state index contributed by atoms with van der Waals surface area (Å²) in [5.74, 6) is -0.393. The van der Waals surface area contributed by atoms with Gasteiger partial charge in [0.15, 0.2) is 0 Å². The zero-order chi connectivity index (χ0) is 19.4. The maximum atomic E-state index is 12.8. The van der Waals surface area contributed by atoms with Crippen LogP contribution in [-0.2, 0) is 35.2 Å². The van der Waals surface area contributed by atoms with Gasteiger partial charge in [-0.1, -0.05) is 18.2 Å². The Morgan fingerprint density at radius 3 is 2.70 bits per heavy atom. The summed E-state index contributed by atoms with van der Waals surface area (Å²) in [6, 6.07) is 10.6. The summed E-state index contributed by atoms with van der Waals surface area (Å²) in [6.45, 7) is -0.259. The second kappa shape index (κ2) is 8.00. The van der Waals surface area contributed by atoms with Crippen molar-refractivity contribution >= 4 is 5.97 Å². The van der Waals surface area contributed by atoms with Gasteiger partial charge in [0.25, 0.3) is 0 Å². The standard InChI is InChI=1S/C20H19F3O4/c21-20(22,23)16-3-1-2-13(8-16)11-26-17-6-4-15-10-18(27-12-19(24)25)7-5-14(15)9-17/h1-4,6,8-9,18H,5,7,10-12H2,(H,24,25). The second-order valence-electron chi connectivity index (χ2n) is 6.49. The first-order valence-electron chi connectivity index (χ1n) is 8.55. The summed E-state index contributed by atoms with van der Waals surface area (Å²) in [5, 5.41) is 8.69. The third-order valence-electron chi connectivity index (χ3n) is 4.46. The minimum atomic E-state index is -4.37. The van der Waals surface area contributed by atoms with Gasteiger partial charge in [-0.2, -0.15) is 13.2 Å². The molecule has 27 heavy (non-hydrogen) atoms. The Bertz CT molecular complexity index is 817. The monoisotopic (exact) mass is 380 g/mol.